The summed E-state index contributed by atoms with van der Waals surface area (Å²) in [4.78, 5) is 18.9. The van der Waals surface area contributed by atoms with Gasteiger partial charge in [-0.2, -0.15) is 5.10 Å². The van der Waals surface area contributed by atoms with E-state index < -0.39 is 0 Å². The second-order valence-electron chi connectivity index (χ2n) is 9.31. The van der Waals surface area contributed by atoms with Crippen LogP contribution in [0.1, 0.15) is 0 Å². The standard InChI is InChI=1S/C28H25FN8O/c1-37(2)6-7-38-20-10-16(8-18(29)11-20)21-4-3-5-23-26(21)34-28(33-23)27-22-12-24(32-15-25(22)35-36-27)17-9-19(30)14-31-13-17/h3-5,8-15H,6-7,30H2,1-2H3,(H,33,34)(H,35,36). The van der Waals surface area contributed by atoms with Crippen molar-refractivity contribution in [2.24, 2.45) is 0 Å². The Hall–Kier alpha value is -4.83. The second kappa shape index (κ2) is 9.56. The van der Waals surface area contributed by atoms with Crippen LogP contribution in [0.2, 0.25) is 0 Å². The predicted octanol–water partition coefficient (Wildman–Crippen LogP) is 4.89. The van der Waals surface area contributed by atoms with Crippen LogP contribution in [0.5, 0.6) is 5.75 Å². The molecule has 2 aromatic carbocycles. The molecular formula is C28H25FN8O. The topological polar surface area (TPSA) is 122 Å². The highest BCUT2D eigenvalue weighted by atomic mass is 19.1. The van der Waals surface area contributed by atoms with E-state index in [2.05, 4.69) is 25.1 Å². The lowest BCUT2D eigenvalue weighted by Gasteiger charge is -2.12. The highest BCUT2D eigenvalue weighted by molar-refractivity contribution is 5.98. The van der Waals surface area contributed by atoms with E-state index in [1.54, 1.807) is 18.6 Å². The molecule has 4 N–H and O–H groups in total. The van der Waals surface area contributed by atoms with Crippen LogP contribution in [0.3, 0.4) is 0 Å². The number of halogens is 1. The number of rotatable bonds is 7. The van der Waals surface area contributed by atoms with Gasteiger partial charge in [0.2, 0.25) is 0 Å². The van der Waals surface area contributed by atoms with Gasteiger partial charge in [-0.15, -0.1) is 0 Å². The van der Waals surface area contributed by atoms with Gasteiger partial charge in [0.1, 0.15) is 23.9 Å². The van der Waals surface area contributed by atoms with E-state index in [-0.39, 0.29) is 5.82 Å². The van der Waals surface area contributed by atoms with Gasteiger partial charge in [0, 0.05) is 41.5 Å². The van der Waals surface area contributed by atoms with Crippen LogP contribution in [0.4, 0.5) is 10.1 Å². The Morgan fingerprint density at radius 2 is 1.89 bits per heavy atom. The Morgan fingerprint density at radius 1 is 1.00 bits per heavy atom. The number of H-pyrrole nitrogens is 2. The summed E-state index contributed by atoms with van der Waals surface area (Å²) in [6.07, 6.45) is 5.03. The molecule has 0 bridgehead atoms. The average Bonchev–Trinajstić information content (AvgIpc) is 3.51. The van der Waals surface area contributed by atoms with Gasteiger partial charge in [-0.05, 0) is 50.0 Å². The molecular weight excluding hydrogens is 483 g/mol. The van der Waals surface area contributed by atoms with Crippen molar-refractivity contribution in [1.29, 1.82) is 0 Å². The van der Waals surface area contributed by atoms with Crippen LogP contribution >= 0.6 is 0 Å². The van der Waals surface area contributed by atoms with Crippen LogP contribution in [-0.2, 0) is 0 Å². The average molecular weight is 509 g/mol. The molecule has 9 nitrogen and oxygen atoms in total. The number of para-hydroxylation sites is 1. The molecule has 10 heteroatoms. The van der Waals surface area contributed by atoms with E-state index in [1.807, 2.05) is 55.4 Å². The van der Waals surface area contributed by atoms with Crippen LogP contribution < -0.4 is 10.5 Å². The lowest BCUT2D eigenvalue weighted by molar-refractivity contribution is 0.260. The summed E-state index contributed by atoms with van der Waals surface area (Å²) in [5.41, 5.74) is 12.4. The molecule has 0 amide bonds. The van der Waals surface area contributed by atoms with Crippen LogP contribution in [0.15, 0.2) is 67.1 Å². The molecule has 6 aromatic rings. The van der Waals surface area contributed by atoms with Gasteiger partial charge < -0.3 is 20.4 Å². The molecule has 0 spiro atoms. The maximum atomic E-state index is 14.6. The van der Waals surface area contributed by atoms with Crippen molar-refractivity contribution in [3.8, 4) is 39.7 Å². The number of hydrogen-bond donors (Lipinski definition) is 3. The minimum atomic E-state index is -0.371. The number of fused-ring (bicyclic) bond motifs is 2. The largest absolute Gasteiger partial charge is 0.492 e. The molecule has 6 rings (SSSR count). The number of anilines is 1. The number of pyridine rings is 2. The van der Waals surface area contributed by atoms with E-state index in [0.29, 0.717) is 40.6 Å². The molecule has 4 aromatic heterocycles. The molecule has 0 aliphatic heterocycles. The van der Waals surface area contributed by atoms with Crippen molar-refractivity contribution in [2.45, 2.75) is 0 Å². The Labute approximate surface area is 217 Å². The van der Waals surface area contributed by atoms with Crippen LogP contribution in [0, 0.1) is 5.82 Å². The maximum Gasteiger partial charge on any atom is 0.159 e. The summed E-state index contributed by atoms with van der Waals surface area (Å²) in [5.74, 6) is 0.689. The first-order valence-corrected chi connectivity index (χ1v) is 12.1. The molecule has 0 aliphatic carbocycles. The lowest BCUT2D eigenvalue weighted by Crippen LogP contribution is -2.19. The molecule has 0 saturated carbocycles. The van der Waals surface area contributed by atoms with E-state index in [1.165, 1.54) is 12.1 Å². The lowest BCUT2D eigenvalue weighted by atomic mass is 10.0. The predicted molar refractivity (Wildman–Crippen MR) is 146 cm³/mol. The number of aromatic amines is 2. The van der Waals surface area contributed by atoms with E-state index in [9.17, 15) is 4.39 Å². The number of nitrogens with one attached hydrogen (secondary N) is 2. The van der Waals surface area contributed by atoms with Crippen molar-refractivity contribution in [1.82, 2.24) is 35.0 Å². The number of likely N-dealkylation sites (N-methyl/N-ethyl adjacent to an activating group) is 1. The minimum absolute atomic E-state index is 0.371. The zero-order valence-corrected chi connectivity index (χ0v) is 20.9. The molecule has 38 heavy (non-hydrogen) atoms. The number of ether oxygens (including phenoxy) is 1. The van der Waals surface area contributed by atoms with E-state index in [4.69, 9.17) is 15.5 Å². The first-order chi connectivity index (χ1) is 18.4. The van der Waals surface area contributed by atoms with Gasteiger partial charge in [-0.1, -0.05) is 12.1 Å². The van der Waals surface area contributed by atoms with Gasteiger partial charge in [-0.3, -0.25) is 15.1 Å². The number of nitrogen functional groups attached to an aromatic ring is 1. The monoisotopic (exact) mass is 508 g/mol. The van der Waals surface area contributed by atoms with Crippen molar-refractivity contribution < 1.29 is 9.13 Å². The summed E-state index contributed by atoms with van der Waals surface area (Å²) < 4.78 is 20.4. The summed E-state index contributed by atoms with van der Waals surface area (Å²) in [6.45, 7) is 1.19. The first kappa shape index (κ1) is 23.6. The molecule has 0 saturated heterocycles. The normalized spacial score (nSPS) is 11.6. The SMILES string of the molecule is CN(C)CCOc1cc(F)cc(-c2cccc3[nH]c(-c4n[nH]c5cnc(-c6cncc(N)c6)cc45)nc23)c1. The third-order valence-corrected chi connectivity index (χ3v) is 6.23. The Balaban J connectivity index is 1.40. The van der Waals surface area contributed by atoms with Gasteiger partial charge in [0.25, 0.3) is 0 Å². The van der Waals surface area contributed by atoms with Gasteiger partial charge >= 0.3 is 0 Å². The third-order valence-electron chi connectivity index (χ3n) is 6.23. The molecule has 4 heterocycles. The van der Waals surface area contributed by atoms with Crippen LogP contribution in [-0.4, -0.2) is 62.3 Å². The summed E-state index contributed by atoms with van der Waals surface area (Å²) in [6, 6.07) is 14.2. The van der Waals surface area contributed by atoms with Gasteiger partial charge in [-0.25, -0.2) is 9.37 Å². The minimum Gasteiger partial charge on any atom is -0.492 e. The fraction of sp³-hybridized carbons (Fsp3) is 0.143. The van der Waals surface area contributed by atoms with E-state index >= 15 is 0 Å². The number of aromatic nitrogens is 6. The number of nitrogens with zero attached hydrogens (tertiary/aromatic N) is 5. The highest BCUT2D eigenvalue weighted by Crippen LogP contribution is 2.34. The number of nitrogens with two attached hydrogens (primary N) is 1. The van der Waals surface area contributed by atoms with Gasteiger partial charge in [0.05, 0.1) is 34.1 Å². The van der Waals surface area contributed by atoms with Crippen molar-refractivity contribution in [2.75, 3.05) is 33.0 Å². The summed E-state index contributed by atoms with van der Waals surface area (Å²) in [5, 5.41) is 8.38. The molecule has 190 valence electrons. The van der Waals surface area contributed by atoms with Crippen molar-refractivity contribution in [3.05, 3.63) is 72.9 Å². The Kier molecular flexibility index (Phi) is 5.93. The Morgan fingerprint density at radius 3 is 2.74 bits per heavy atom. The highest BCUT2D eigenvalue weighted by Gasteiger charge is 2.17. The van der Waals surface area contributed by atoms with Gasteiger partial charge in [0.15, 0.2) is 5.82 Å². The quantitative estimate of drug-likeness (QED) is 0.281. The summed E-state index contributed by atoms with van der Waals surface area (Å²) in [7, 11) is 3.93. The van der Waals surface area contributed by atoms with Crippen molar-refractivity contribution >= 4 is 27.6 Å². The zero-order chi connectivity index (χ0) is 26.2. The molecule has 0 unspecified atom stereocenters. The smallest absolute Gasteiger partial charge is 0.159 e. The fourth-order valence-electron chi connectivity index (χ4n) is 4.38. The second-order valence-corrected chi connectivity index (χ2v) is 9.31. The molecule has 0 atom stereocenters. The molecule has 0 fully saturated rings. The maximum absolute atomic E-state index is 14.6. The van der Waals surface area contributed by atoms with Crippen molar-refractivity contribution in [3.63, 3.8) is 0 Å². The third kappa shape index (κ3) is 4.53. The number of benzene rings is 2. The first-order valence-electron chi connectivity index (χ1n) is 12.1. The number of imidazole rings is 1. The zero-order valence-electron chi connectivity index (χ0n) is 20.9. The number of hydrogen-bond acceptors (Lipinski definition) is 7. The van der Waals surface area contributed by atoms with E-state index in [0.717, 1.165) is 39.8 Å². The molecule has 0 aliphatic rings. The Bertz CT molecular complexity index is 1770. The fourth-order valence-corrected chi connectivity index (χ4v) is 4.38. The van der Waals surface area contributed by atoms with Crippen LogP contribution in [0.25, 0.3) is 55.8 Å². The summed E-state index contributed by atoms with van der Waals surface area (Å²) >= 11 is 0. The molecule has 0 radical (unpaired) electrons.